The molecule has 4 nitrogen and oxygen atoms in total. The number of carbonyl (C=O) groups is 1. The first-order chi connectivity index (χ1) is 10.1. The molecule has 2 heterocycles. The number of amides is 1. The van der Waals surface area contributed by atoms with Gasteiger partial charge in [0, 0.05) is 18.5 Å². The lowest BCUT2D eigenvalue weighted by Gasteiger charge is -2.05. The van der Waals surface area contributed by atoms with E-state index in [4.69, 9.17) is 0 Å². The quantitative estimate of drug-likeness (QED) is 0.805. The predicted octanol–water partition coefficient (Wildman–Crippen LogP) is 2.79. The first-order valence-electron chi connectivity index (χ1n) is 6.29. The van der Waals surface area contributed by atoms with Crippen LogP contribution in [0.3, 0.4) is 0 Å². The van der Waals surface area contributed by atoms with Crippen molar-refractivity contribution >= 4 is 17.2 Å². The van der Waals surface area contributed by atoms with Crippen LogP contribution in [-0.4, -0.2) is 15.3 Å². The topological polar surface area (TPSA) is 46.4 Å². The number of carbonyl (C=O) groups excluding carboxylic acids is 1. The van der Waals surface area contributed by atoms with Gasteiger partial charge in [-0.25, -0.2) is 13.8 Å². The first-order valence-corrected chi connectivity index (χ1v) is 6.29. The van der Waals surface area contributed by atoms with Crippen LogP contribution >= 0.6 is 0 Å². The van der Waals surface area contributed by atoms with Gasteiger partial charge in [0.2, 0.25) is 5.91 Å². The van der Waals surface area contributed by atoms with Crippen molar-refractivity contribution in [3.63, 3.8) is 0 Å². The van der Waals surface area contributed by atoms with Crippen LogP contribution in [0.5, 0.6) is 0 Å². The van der Waals surface area contributed by atoms with Gasteiger partial charge in [0.25, 0.3) is 0 Å². The van der Waals surface area contributed by atoms with Gasteiger partial charge in [-0.2, -0.15) is 0 Å². The molecule has 106 valence electrons. The zero-order chi connectivity index (χ0) is 14.8. The highest BCUT2D eigenvalue weighted by molar-refractivity contribution is 5.92. The van der Waals surface area contributed by atoms with Gasteiger partial charge >= 0.3 is 0 Å². The summed E-state index contributed by atoms with van der Waals surface area (Å²) in [6.07, 6.45) is 3.57. The van der Waals surface area contributed by atoms with Gasteiger partial charge in [0.05, 0.1) is 17.8 Å². The number of nitrogens with zero attached hydrogens (tertiary/aromatic N) is 2. The highest BCUT2D eigenvalue weighted by Crippen LogP contribution is 2.15. The summed E-state index contributed by atoms with van der Waals surface area (Å²) >= 11 is 0. The highest BCUT2D eigenvalue weighted by atomic mass is 19.1. The zero-order valence-electron chi connectivity index (χ0n) is 10.9. The van der Waals surface area contributed by atoms with Crippen LogP contribution < -0.4 is 5.32 Å². The van der Waals surface area contributed by atoms with Gasteiger partial charge in [0.15, 0.2) is 0 Å². The molecular formula is C15H11F2N3O. The number of imidazole rings is 1. The first kappa shape index (κ1) is 13.2. The van der Waals surface area contributed by atoms with Crippen LogP contribution in [0.25, 0.3) is 5.65 Å². The fourth-order valence-corrected chi connectivity index (χ4v) is 2.02. The molecule has 21 heavy (non-hydrogen) atoms. The number of hydrogen-bond acceptors (Lipinski definition) is 2. The highest BCUT2D eigenvalue weighted by Gasteiger charge is 2.10. The van der Waals surface area contributed by atoms with E-state index in [1.807, 2.05) is 24.4 Å². The van der Waals surface area contributed by atoms with E-state index in [-0.39, 0.29) is 12.1 Å². The smallest absolute Gasteiger partial charge is 0.230 e. The van der Waals surface area contributed by atoms with E-state index in [1.165, 1.54) is 6.07 Å². The van der Waals surface area contributed by atoms with Crippen molar-refractivity contribution in [2.24, 2.45) is 0 Å². The Morgan fingerprint density at radius 3 is 2.86 bits per heavy atom. The Balaban J connectivity index is 1.74. The maximum absolute atomic E-state index is 13.4. The lowest BCUT2D eigenvalue weighted by atomic mass is 10.2. The molecule has 2 aromatic heterocycles. The molecule has 0 bridgehead atoms. The van der Waals surface area contributed by atoms with Crippen molar-refractivity contribution in [1.29, 1.82) is 0 Å². The number of halogens is 2. The monoisotopic (exact) mass is 287 g/mol. The van der Waals surface area contributed by atoms with Gasteiger partial charge in [-0.05, 0) is 24.3 Å². The Kier molecular flexibility index (Phi) is 3.35. The molecule has 0 fully saturated rings. The minimum absolute atomic E-state index is 0.0124. The van der Waals surface area contributed by atoms with E-state index in [0.29, 0.717) is 5.69 Å². The van der Waals surface area contributed by atoms with E-state index in [2.05, 4.69) is 10.3 Å². The summed E-state index contributed by atoms with van der Waals surface area (Å²) in [5, 5.41) is 2.40. The van der Waals surface area contributed by atoms with E-state index in [0.717, 1.165) is 17.8 Å². The number of benzene rings is 1. The Morgan fingerprint density at radius 1 is 1.24 bits per heavy atom. The van der Waals surface area contributed by atoms with Gasteiger partial charge in [-0.15, -0.1) is 0 Å². The Morgan fingerprint density at radius 2 is 2.10 bits per heavy atom. The van der Waals surface area contributed by atoms with Crippen molar-refractivity contribution in [2.45, 2.75) is 6.42 Å². The minimum atomic E-state index is -0.807. The molecule has 3 aromatic rings. The third-order valence-electron chi connectivity index (χ3n) is 2.96. The summed E-state index contributed by atoms with van der Waals surface area (Å²) in [5.41, 5.74) is 1.25. The standard InChI is InChI=1S/C15H11F2N3O/c16-10-4-5-13(12(17)7-10)19-15(21)8-11-9-20-6-2-1-3-14(20)18-11/h1-7,9H,8H2,(H,19,21). The molecule has 1 aromatic carbocycles. The van der Waals surface area contributed by atoms with Crippen LogP contribution in [-0.2, 0) is 11.2 Å². The number of hydrogen-bond donors (Lipinski definition) is 1. The van der Waals surface area contributed by atoms with Crippen molar-refractivity contribution in [3.05, 3.63) is 66.1 Å². The number of aromatic nitrogens is 2. The molecule has 6 heteroatoms. The lowest BCUT2D eigenvalue weighted by molar-refractivity contribution is -0.115. The molecule has 0 saturated carbocycles. The maximum atomic E-state index is 13.4. The summed E-state index contributed by atoms with van der Waals surface area (Å²) in [5.74, 6) is -1.91. The Hall–Kier alpha value is -2.76. The molecule has 1 amide bonds. The van der Waals surface area contributed by atoms with Crippen molar-refractivity contribution in [2.75, 3.05) is 5.32 Å². The second kappa shape index (κ2) is 5.32. The number of rotatable bonds is 3. The number of pyridine rings is 1. The molecule has 0 unspecified atom stereocenters. The summed E-state index contributed by atoms with van der Waals surface area (Å²) in [7, 11) is 0. The summed E-state index contributed by atoms with van der Waals surface area (Å²) in [6.45, 7) is 0. The summed E-state index contributed by atoms with van der Waals surface area (Å²) < 4.78 is 28.0. The summed E-state index contributed by atoms with van der Waals surface area (Å²) in [6, 6.07) is 8.52. The predicted molar refractivity (Wildman–Crippen MR) is 73.9 cm³/mol. The van der Waals surface area contributed by atoms with Crippen LogP contribution in [0.2, 0.25) is 0 Å². The lowest BCUT2D eigenvalue weighted by Crippen LogP contribution is -2.15. The molecule has 3 rings (SSSR count). The molecule has 0 aliphatic rings. The fourth-order valence-electron chi connectivity index (χ4n) is 2.02. The van der Waals surface area contributed by atoms with E-state index in [1.54, 1.807) is 10.6 Å². The third kappa shape index (κ3) is 2.89. The normalized spacial score (nSPS) is 10.8. The molecule has 0 aliphatic heterocycles. The van der Waals surface area contributed by atoms with Crippen LogP contribution in [0.1, 0.15) is 5.69 Å². The van der Waals surface area contributed by atoms with E-state index in [9.17, 15) is 13.6 Å². The third-order valence-corrected chi connectivity index (χ3v) is 2.96. The van der Waals surface area contributed by atoms with Crippen molar-refractivity contribution < 1.29 is 13.6 Å². The minimum Gasteiger partial charge on any atom is -0.323 e. The number of anilines is 1. The average molecular weight is 287 g/mol. The van der Waals surface area contributed by atoms with Gasteiger partial charge in [-0.1, -0.05) is 6.07 Å². The fraction of sp³-hybridized carbons (Fsp3) is 0.0667. The maximum Gasteiger partial charge on any atom is 0.230 e. The van der Waals surface area contributed by atoms with Crippen LogP contribution in [0.4, 0.5) is 14.5 Å². The summed E-state index contributed by atoms with van der Waals surface area (Å²) in [4.78, 5) is 16.2. The molecule has 0 atom stereocenters. The molecule has 0 spiro atoms. The van der Waals surface area contributed by atoms with Crippen molar-refractivity contribution in [1.82, 2.24) is 9.38 Å². The molecular weight excluding hydrogens is 276 g/mol. The van der Waals surface area contributed by atoms with Gasteiger partial charge in [-0.3, -0.25) is 4.79 Å². The molecule has 0 radical (unpaired) electrons. The van der Waals surface area contributed by atoms with Gasteiger partial charge in [0.1, 0.15) is 17.3 Å². The van der Waals surface area contributed by atoms with E-state index >= 15 is 0 Å². The van der Waals surface area contributed by atoms with E-state index < -0.39 is 17.5 Å². The SMILES string of the molecule is O=C(Cc1cn2ccccc2n1)Nc1ccc(F)cc1F. The second-order valence-corrected chi connectivity index (χ2v) is 4.55. The second-order valence-electron chi connectivity index (χ2n) is 4.55. The number of fused-ring (bicyclic) bond motifs is 1. The average Bonchev–Trinajstić information content (AvgIpc) is 2.84. The largest absolute Gasteiger partial charge is 0.323 e. The number of nitrogens with one attached hydrogen (secondary N) is 1. The van der Waals surface area contributed by atoms with Gasteiger partial charge < -0.3 is 9.72 Å². The zero-order valence-corrected chi connectivity index (χ0v) is 10.9. The molecule has 0 aliphatic carbocycles. The molecule has 1 N–H and O–H groups in total. The van der Waals surface area contributed by atoms with Crippen LogP contribution in [0.15, 0.2) is 48.8 Å². The Labute approximate surface area is 119 Å². The Bertz CT molecular complexity index is 781. The van der Waals surface area contributed by atoms with Crippen molar-refractivity contribution in [3.8, 4) is 0 Å². The van der Waals surface area contributed by atoms with Crippen LogP contribution in [0, 0.1) is 11.6 Å². The molecule has 0 saturated heterocycles.